The minimum atomic E-state index is -0.614. The quantitative estimate of drug-likeness (QED) is 0.860. The van der Waals surface area contributed by atoms with Crippen LogP contribution in [0.2, 0.25) is 0 Å². The Bertz CT molecular complexity index is 363. The summed E-state index contributed by atoms with van der Waals surface area (Å²) >= 11 is 3.57. The normalized spacial score (nSPS) is 11.6. The molecule has 0 aliphatic heterocycles. The van der Waals surface area contributed by atoms with E-state index in [-0.39, 0.29) is 0 Å². The van der Waals surface area contributed by atoms with Crippen LogP contribution in [0.15, 0.2) is 16.6 Å². The molecular formula is C14H22BrNO. The van der Waals surface area contributed by atoms with Gasteiger partial charge in [0.1, 0.15) is 0 Å². The molecule has 0 heterocycles. The number of aryl methyl sites for hydroxylation is 2. The van der Waals surface area contributed by atoms with E-state index in [4.69, 9.17) is 0 Å². The lowest BCUT2D eigenvalue weighted by atomic mass is 9.97. The van der Waals surface area contributed by atoms with Crippen molar-refractivity contribution in [2.75, 3.05) is 11.9 Å². The molecule has 1 aromatic carbocycles. The maximum Gasteiger partial charge on any atom is 0.0814 e. The van der Waals surface area contributed by atoms with Crippen LogP contribution >= 0.6 is 15.9 Å². The molecule has 0 aliphatic carbocycles. The van der Waals surface area contributed by atoms with E-state index < -0.39 is 5.60 Å². The lowest BCUT2D eigenvalue weighted by Crippen LogP contribution is -2.35. The fourth-order valence-corrected chi connectivity index (χ4v) is 2.71. The van der Waals surface area contributed by atoms with Gasteiger partial charge in [-0.3, -0.25) is 0 Å². The molecule has 0 radical (unpaired) electrons. The van der Waals surface area contributed by atoms with Gasteiger partial charge < -0.3 is 10.4 Å². The van der Waals surface area contributed by atoms with Gasteiger partial charge in [-0.2, -0.15) is 0 Å². The van der Waals surface area contributed by atoms with Crippen LogP contribution in [0.5, 0.6) is 0 Å². The summed E-state index contributed by atoms with van der Waals surface area (Å²) < 4.78 is 1.06. The standard InChI is InChI=1S/C14H22BrNO/c1-5-14(17,6-2)9-16-13-11(4)7-10(3)8-12(13)15/h7-8,16-17H,5-6,9H2,1-4H3. The van der Waals surface area contributed by atoms with Crippen LogP contribution in [0.1, 0.15) is 37.8 Å². The highest BCUT2D eigenvalue weighted by molar-refractivity contribution is 9.10. The monoisotopic (exact) mass is 299 g/mol. The summed E-state index contributed by atoms with van der Waals surface area (Å²) in [5, 5.41) is 13.6. The first-order chi connectivity index (χ1) is 7.91. The molecule has 0 fully saturated rings. The zero-order valence-electron chi connectivity index (χ0n) is 11.1. The molecule has 0 atom stereocenters. The van der Waals surface area contributed by atoms with E-state index in [2.05, 4.69) is 47.2 Å². The lowest BCUT2D eigenvalue weighted by molar-refractivity contribution is 0.0457. The molecule has 17 heavy (non-hydrogen) atoms. The third-order valence-electron chi connectivity index (χ3n) is 3.34. The zero-order chi connectivity index (χ0) is 13.1. The van der Waals surface area contributed by atoms with Gasteiger partial charge in [0.15, 0.2) is 0 Å². The third kappa shape index (κ3) is 3.71. The Labute approximate surface area is 113 Å². The highest BCUT2D eigenvalue weighted by Crippen LogP contribution is 2.28. The predicted molar refractivity (Wildman–Crippen MR) is 77.6 cm³/mol. The third-order valence-corrected chi connectivity index (χ3v) is 3.97. The topological polar surface area (TPSA) is 32.3 Å². The van der Waals surface area contributed by atoms with E-state index >= 15 is 0 Å². The molecule has 0 spiro atoms. The van der Waals surface area contributed by atoms with Crippen molar-refractivity contribution >= 4 is 21.6 Å². The summed E-state index contributed by atoms with van der Waals surface area (Å²) in [6.45, 7) is 8.78. The molecule has 2 N–H and O–H groups in total. The van der Waals surface area contributed by atoms with Crippen molar-refractivity contribution < 1.29 is 5.11 Å². The second kappa shape index (κ2) is 5.87. The van der Waals surface area contributed by atoms with Crippen LogP contribution in [0.4, 0.5) is 5.69 Å². The summed E-state index contributed by atoms with van der Waals surface area (Å²) in [5.41, 5.74) is 2.90. The van der Waals surface area contributed by atoms with Gasteiger partial charge in [0, 0.05) is 11.0 Å². The van der Waals surface area contributed by atoms with Gasteiger partial charge in [-0.25, -0.2) is 0 Å². The lowest BCUT2D eigenvalue weighted by Gasteiger charge is -2.27. The number of aliphatic hydroxyl groups is 1. The van der Waals surface area contributed by atoms with Crippen molar-refractivity contribution in [3.8, 4) is 0 Å². The van der Waals surface area contributed by atoms with Crippen LogP contribution in [0, 0.1) is 13.8 Å². The highest BCUT2D eigenvalue weighted by atomic mass is 79.9. The molecule has 0 saturated carbocycles. The Kier molecular flexibility index (Phi) is 5.02. The van der Waals surface area contributed by atoms with Crippen molar-refractivity contribution in [2.24, 2.45) is 0 Å². The van der Waals surface area contributed by atoms with Crippen molar-refractivity contribution in [3.05, 3.63) is 27.7 Å². The molecule has 0 unspecified atom stereocenters. The summed E-state index contributed by atoms with van der Waals surface area (Å²) in [6.07, 6.45) is 1.53. The first kappa shape index (κ1) is 14.5. The van der Waals surface area contributed by atoms with E-state index in [1.165, 1.54) is 11.1 Å². The van der Waals surface area contributed by atoms with E-state index in [1.54, 1.807) is 0 Å². The Morgan fingerprint density at radius 1 is 1.24 bits per heavy atom. The van der Waals surface area contributed by atoms with Crippen LogP contribution in [-0.2, 0) is 0 Å². The maximum atomic E-state index is 10.2. The predicted octanol–water partition coefficient (Wildman–Crippen LogP) is 4.03. The molecule has 2 nitrogen and oxygen atoms in total. The number of hydrogen-bond donors (Lipinski definition) is 2. The van der Waals surface area contributed by atoms with Gasteiger partial charge >= 0.3 is 0 Å². The minimum Gasteiger partial charge on any atom is -0.388 e. The van der Waals surface area contributed by atoms with Gasteiger partial charge in [-0.1, -0.05) is 19.9 Å². The number of nitrogens with one attached hydrogen (secondary N) is 1. The molecular weight excluding hydrogens is 278 g/mol. The Hall–Kier alpha value is -0.540. The maximum absolute atomic E-state index is 10.2. The van der Waals surface area contributed by atoms with Gasteiger partial charge in [0.2, 0.25) is 0 Å². The average Bonchev–Trinajstić information content (AvgIpc) is 2.27. The van der Waals surface area contributed by atoms with E-state index in [0.29, 0.717) is 6.54 Å². The van der Waals surface area contributed by atoms with Gasteiger partial charge in [0.05, 0.1) is 11.3 Å². The summed E-state index contributed by atoms with van der Waals surface area (Å²) in [7, 11) is 0. The number of halogens is 1. The average molecular weight is 300 g/mol. The minimum absolute atomic E-state index is 0.586. The Morgan fingerprint density at radius 3 is 2.29 bits per heavy atom. The van der Waals surface area contributed by atoms with Crippen molar-refractivity contribution in [2.45, 2.75) is 46.1 Å². The largest absolute Gasteiger partial charge is 0.388 e. The Balaban J connectivity index is 2.83. The first-order valence-electron chi connectivity index (χ1n) is 6.15. The number of benzene rings is 1. The second-order valence-corrected chi connectivity index (χ2v) is 5.58. The number of rotatable bonds is 5. The summed E-state index contributed by atoms with van der Waals surface area (Å²) in [6, 6.07) is 4.23. The van der Waals surface area contributed by atoms with Crippen LogP contribution in [0.25, 0.3) is 0 Å². The van der Waals surface area contributed by atoms with E-state index in [0.717, 1.165) is 23.0 Å². The fourth-order valence-electron chi connectivity index (χ4n) is 1.89. The van der Waals surface area contributed by atoms with Crippen LogP contribution in [0.3, 0.4) is 0 Å². The van der Waals surface area contributed by atoms with Gasteiger partial charge in [0.25, 0.3) is 0 Å². The van der Waals surface area contributed by atoms with Crippen molar-refractivity contribution in [3.63, 3.8) is 0 Å². The van der Waals surface area contributed by atoms with Crippen molar-refractivity contribution in [1.82, 2.24) is 0 Å². The first-order valence-corrected chi connectivity index (χ1v) is 6.94. The molecule has 0 aromatic heterocycles. The number of hydrogen-bond acceptors (Lipinski definition) is 2. The Morgan fingerprint density at radius 2 is 1.82 bits per heavy atom. The fraction of sp³-hybridized carbons (Fsp3) is 0.571. The molecule has 0 saturated heterocycles. The smallest absolute Gasteiger partial charge is 0.0814 e. The zero-order valence-corrected chi connectivity index (χ0v) is 12.7. The van der Waals surface area contributed by atoms with E-state index in [9.17, 15) is 5.11 Å². The molecule has 0 amide bonds. The molecule has 3 heteroatoms. The summed E-state index contributed by atoms with van der Waals surface area (Å²) in [4.78, 5) is 0. The SMILES string of the molecule is CCC(O)(CC)CNc1c(C)cc(C)cc1Br. The van der Waals surface area contributed by atoms with E-state index in [1.807, 2.05) is 13.8 Å². The number of anilines is 1. The molecule has 1 rings (SSSR count). The second-order valence-electron chi connectivity index (χ2n) is 4.72. The van der Waals surface area contributed by atoms with Crippen molar-refractivity contribution in [1.29, 1.82) is 0 Å². The van der Waals surface area contributed by atoms with Crippen LogP contribution in [-0.4, -0.2) is 17.3 Å². The highest BCUT2D eigenvalue weighted by Gasteiger charge is 2.22. The van der Waals surface area contributed by atoms with Gasteiger partial charge in [-0.05, 0) is 59.8 Å². The molecule has 0 bridgehead atoms. The summed E-state index contributed by atoms with van der Waals surface area (Å²) in [5.74, 6) is 0. The molecule has 96 valence electrons. The van der Waals surface area contributed by atoms with Gasteiger partial charge in [-0.15, -0.1) is 0 Å². The molecule has 0 aliphatic rings. The molecule has 1 aromatic rings. The van der Waals surface area contributed by atoms with Crippen LogP contribution < -0.4 is 5.32 Å².